The number of piperidine rings is 1. The molecule has 1 saturated heterocycles. The number of amidine groups is 1. The van der Waals surface area contributed by atoms with Crippen LogP contribution in [0.3, 0.4) is 0 Å². The predicted molar refractivity (Wildman–Crippen MR) is 132 cm³/mol. The molecule has 2 fully saturated rings. The molecule has 0 radical (unpaired) electrons. The molecule has 3 amide bonds. The number of hydrogen-bond acceptors (Lipinski definition) is 5. The average Bonchev–Trinajstić information content (AvgIpc) is 3.21. The first-order valence-electron chi connectivity index (χ1n) is 12.5. The molecule has 0 bridgehead atoms. The second kappa shape index (κ2) is 11.4. The Balaban J connectivity index is 1.20. The van der Waals surface area contributed by atoms with E-state index in [1.807, 2.05) is 12.1 Å². The molecule has 1 aromatic carbocycles. The van der Waals surface area contributed by atoms with Crippen LogP contribution in [-0.4, -0.2) is 68.4 Å². The van der Waals surface area contributed by atoms with Gasteiger partial charge in [0.15, 0.2) is 0 Å². The molecule has 4 rings (SSSR count). The minimum Gasteiger partial charge on any atom is -0.468 e. The monoisotopic (exact) mass is 505 g/mol. The van der Waals surface area contributed by atoms with Gasteiger partial charge in [0.05, 0.1) is 13.7 Å². The van der Waals surface area contributed by atoms with Crippen LogP contribution in [0.15, 0.2) is 28.7 Å². The van der Waals surface area contributed by atoms with Crippen LogP contribution in [-0.2, 0) is 21.5 Å². The molecule has 2 heterocycles. The minimum absolute atomic E-state index is 0.0559. The first-order valence-corrected chi connectivity index (χ1v) is 13.8. The van der Waals surface area contributed by atoms with Crippen LogP contribution in [0.5, 0.6) is 0 Å². The summed E-state index contributed by atoms with van der Waals surface area (Å²) in [6.45, 7) is 1.49. The number of carbonyl (C=O) groups excluding carboxylic acids is 2. The van der Waals surface area contributed by atoms with Gasteiger partial charge in [-0.1, -0.05) is 41.9 Å². The molecule has 0 aromatic heterocycles. The Morgan fingerprint density at radius 2 is 1.83 bits per heavy atom. The Labute approximate surface area is 207 Å². The molecule has 2 N–H and O–H groups in total. The maximum Gasteiger partial charge on any atom is 0.326 e. The van der Waals surface area contributed by atoms with Gasteiger partial charge >= 0.3 is 22.3 Å². The van der Waals surface area contributed by atoms with Crippen molar-refractivity contribution in [2.24, 2.45) is 10.3 Å². The molecule has 0 unspecified atom stereocenters. The number of ether oxygens (including phenoxy) is 1. The lowest BCUT2D eigenvalue weighted by atomic mass is 9.95. The molecule has 10 nitrogen and oxygen atoms in total. The van der Waals surface area contributed by atoms with Gasteiger partial charge in [0.1, 0.15) is 0 Å². The van der Waals surface area contributed by atoms with Crippen LogP contribution in [0.4, 0.5) is 4.79 Å². The van der Waals surface area contributed by atoms with Crippen LogP contribution in [0, 0.1) is 5.92 Å². The Morgan fingerprint density at radius 1 is 1.11 bits per heavy atom. The van der Waals surface area contributed by atoms with Gasteiger partial charge in [-0.2, -0.15) is 12.7 Å². The number of carbonyl (C=O) groups is 2. The van der Waals surface area contributed by atoms with Crippen LogP contribution >= 0.6 is 0 Å². The highest BCUT2D eigenvalue weighted by molar-refractivity contribution is 7.87. The topological polar surface area (TPSA) is 120 Å². The van der Waals surface area contributed by atoms with E-state index >= 15 is 0 Å². The number of hydrogen-bond donors (Lipinski definition) is 2. The van der Waals surface area contributed by atoms with Gasteiger partial charge in [0, 0.05) is 31.2 Å². The SMILES string of the molecule is COC(=NS(=O)(=O)N1CCC(CCNC(=O)N2Cc3ccccc3C2=O)CC1)NC1CCCCC1. The maximum atomic E-state index is 12.8. The van der Waals surface area contributed by atoms with Gasteiger partial charge in [-0.05, 0) is 49.7 Å². The van der Waals surface area contributed by atoms with E-state index in [9.17, 15) is 18.0 Å². The minimum atomic E-state index is -3.83. The lowest BCUT2D eigenvalue weighted by Gasteiger charge is -2.30. The van der Waals surface area contributed by atoms with E-state index in [2.05, 4.69) is 15.0 Å². The zero-order valence-corrected chi connectivity index (χ0v) is 21.1. The summed E-state index contributed by atoms with van der Waals surface area (Å²) in [6, 6.07) is 7.10. The van der Waals surface area contributed by atoms with Crippen molar-refractivity contribution in [2.45, 2.75) is 64.0 Å². The highest BCUT2D eigenvalue weighted by atomic mass is 32.2. The van der Waals surface area contributed by atoms with Crippen molar-refractivity contribution in [1.82, 2.24) is 19.8 Å². The first-order chi connectivity index (χ1) is 16.9. The fourth-order valence-corrected chi connectivity index (χ4v) is 6.16. The summed E-state index contributed by atoms with van der Waals surface area (Å²) < 4.78 is 36.1. The fraction of sp³-hybridized carbons (Fsp3) is 0.625. The largest absolute Gasteiger partial charge is 0.468 e. The molecule has 35 heavy (non-hydrogen) atoms. The van der Waals surface area contributed by atoms with E-state index in [-0.39, 0.29) is 24.5 Å². The summed E-state index contributed by atoms with van der Waals surface area (Å²) in [7, 11) is -2.40. The van der Waals surface area contributed by atoms with Crippen LogP contribution in [0.25, 0.3) is 0 Å². The molecule has 2 aliphatic heterocycles. The number of amides is 3. The van der Waals surface area contributed by atoms with Crippen LogP contribution in [0.2, 0.25) is 0 Å². The van der Waals surface area contributed by atoms with Crippen molar-refractivity contribution in [3.63, 3.8) is 0 Å². The molecule has 0 spiro atoms. The molecular formula is C24H35N5O5S. The smallest absolute Gasteiger partial charge is 0.326 e. The summed E-state index contributed by atoms with van der Waals surface area (Å²) in [5, 5.41) is 5.97. The Morgan fingerprint density at radius 3 is 2.51 bits per heavy atom. The van der Waals surface area contributed by atoms with Crippen LogP contribution < -0.4 is 10.6 Å². The zero-order valence-electron chi connectivity index (χ0n) is 20.2. The second-order valence-electron chi connectivity index (χ2n) is 9.47. The lowest BCUT2D eigenvalue weighted by molar-refractivity contribution is 0.0820. The Hall–Kier alpha value is -2.66. The van der Waals surface area contributed by atoms with Gasteiger partial charge in [0.2, 0.25) is 0 Å². The fourth-order valence-electron chi connectivity index (χ4n) is 5.03. The summed E-state index contributed by atoms with van der Waals surface area (Å²) in [5.74, 6) is 0.0186. The zero-order chi connectivity index (χ0) is 24.8. The van der Waals surface area contributed by atoms with Gasteiger partial charge in [-0.25, -0.2) is 4.79 Å². The first kappa shape index (κ1) is 25.4. The number of rotatable bonds is 6. The highest BCUT2D eigenvalue weighted by Crippen LogP contribution is 2.24. The third kappa shape index (κ3) is 6.32. The third-order valence-corrected chi connectivity index (χ3v) is 8.53. The van der Waals surface area contributed by atoms with E-state index < -0.39 is 16.2 Å². The van der Waals surface area contributed by atoms with Crippen molar-refractivity contribution in [3.05, 3.63) is 35.4 Å². The van der Waals surface area contributed by atoms with E-state index in [4.69, 9.17) is 4.74 Å². The summed E-state index contributed by atoms with van der Waals surface area (Å²) >= 11 is 0. The van der Waals surface area contributed by atoms with E-state index in [0.717, 1.165) is 37.7 Å². The highest BCUT2D eigenvalue weighted by Gasteiger charge is 2.32. The molecule has 11 heteroatoms. The number of nitrogens with zero attached hydrogens (tertiary/aromatic N) is 3. The van der Waals surface area contributed by atoms with Crippen molar-refractivity contribution in [1.29, 1.82) is 0 Å². The van der Waals surface area contributed by atoms with Gasteiger partial charge < -0.3 is 15.4 Å². The van der Waals surface area contributed by atoms with Crippen molar-refractivity contribution in [3.8, 4) is 0 Å². The van der Waals surface area contributed by atoms with E-state index in [0.29, 0.717) is 44.0 Å². The predicted octanol–water partition coefficient (Wildman–Crippen LogP) is 2.62. The number of imide groups is 1. The summed E-state index contributed by atoms with van der Waals surface area (Å²) in [5.41, 5.74) is 1.43. The second-order valence-corrected chi connectivity index (χ2v) is 11.1. The molecule has 3 aliphatic rings. The Kier molecular flexibility index (Phi) is 8.27. The van der Waals surface area contributed by atoms with Gasteiger partial charge in [0.25, 0.3) is 5.91 Å². The quantitative estimate of drug-likeness (QED) is 0.453. The lowest BCUT2D eigenvalue weighted by Crippen LogP contribution is -2.42. The molecule has 1 aromatic rings. The number of methoxy groups -OCH3 is 1. The third-order valence-electron chi connectivity index (χ3n) is 7.12. The van der Waals surface area contributed by atoms with Gasteiger partial charge in [-0.3, -0.25) is 9.69 Å². The number of fused-ring (bicyclic) bond motifs is 1. The summed E-state index contributed by atoms with van der Waals surface area (Å²) in [4.78, 5) is 26.1. The molecule has 1 aliphatic carbocycles. The van der Waals surface area contributed by atoms with E-state index in [1.165, 1.54) is 22.7 Å². The van der Waals surface area contributed by atoms with Gasteiger partial charge in [-0.15, -0.1) is 0 Å². The summed E-state index contributed by atoms with van der Waals surface area (Å²) in [6.07, 6.45) is 7.54. The number of benzene rings is 1. The standard InChI is InChI=1S/C24H35N5O5S/c1-34-23(26-20-8-3-2-4-9-20)27-35(32,33)28-15-12-18(13-16-28)11-14-25-24(31)29-17-19-7-5-6-10-21(19)22(29)30/h5-7,10,18,20H,2-4,8-9,11-17H2,1H3,(H,25,31)(H,26,27). The van der Waals surface area contributed by atoms with Crippen molar-refractivity contribution < 1.29 is 22.7 Å². The molecule has 192 valence electrons. The average molecular weight is 506 g/mol. The molecular weight excluding hydrogens is 470 g/mol. The van der Waals surface area contributed by atoms with Crippen molar-refractivity contribution >= 4 is 28.2 Å². The molecule has 0 atom stereocenters. The normalized spacial score (nSPS) is 20.5. The van der Waals surface area contributed by atoms with Crippen LogP contribution in [0.1, 0.15) is 67.3 Å². The molecule has 1 saturated carbocycles. The maximum absolute atomic E-state index is 12.8. The van der Waals surface area contributed by atoms with Crippen molar-refractivity contribution in [2.75, 3.05) is 26.7 Å². The number of nitrogens with one attached hydrogen (secondary N) is 2. The number of urea groups is 1. The Bertz CT molecular complexity index is 1050. The van der Waals surface area contributed by atoms with E-state index in [1.54, 1.807) is 12.1 Å².